The van der Waals surface area contributed by atoms with Gasteiger partial charge in [0.05, 0.1) is 64.9 Å². The minimum absolute atomic E-state index is 0.0186. The number of nitrogens with one attached hydrogen (secondary N) is 6. The molecule has 78 heavy (non-hydrogen) atoms. The van der Waals surface area contributed by atoms with Gasteiger partial charge in [-0.05, 0) is 74.3 Å². The van der Waals surface area contributed by atoms with Crippen LogP contribution in [0.4, 0.5) is 21.0 Å². The molecule has 7 amide bonds. The molecule has 0 aromatic heterocycles. The summed E-state index contributed by atoms with van der Waals surface area (Å²) in [5.41, 5.74) is 5.82. The van der Waals surface area contributed by atoms with Crippen molar-refractivity contribution in [2.45, 2.75) is 109 Å². The lowest BCUT2D eigenvalue weighted by Gasteiger charge is -2.27. The maximum atomic E-state index is 13.9. The largest absolute Gasteiger partial charge is 0.514 e. The molecule has 2 aromatic carbocycles. The van der Waals surface area contributed by atoms with Crippen LogP contribution in [-0.2, 0) is 68.5 Å². The van der Waals surface area contributed by atoms with Crippen LogP contribution in [0.15, 0.2) is 48.5 Å². The summed E-state index contributed by atoms with van der Waals surface area (Å²) >= 11 is 0. The number of amides is 7. The van der Waals surface area contributed by atoms with E-state index in [1.165, 1.54) is 43.5 Å². The van der Waals surface area contributed by atoms with Crippen molar-refractivity contribution in [2.24, 2.45) is 11.7 Å². The zero-order valence-electron chi connectivity index (χ0n) is 44.4. The summed E-state index contributed by atoms with van der Waals surface area (Å²) in [6, 6.07) is 6.51. The first-order chi connectivity index (χ1) is 37.5. The first-order valence-electron chi connectivity index (χ1n) is 25.7. The lowest BCUT2D eigenvalue weighted by Crippen LogP contribution is -2.58. The molecule has 0 aliphatic heterocycles. The van der Waals surface area contributed by atoms with Gasteiger partial charge in [0.2, 0.25) is 29.5 Å². The van der Waals surface area contributed by atoms with Crippen molar-refractivity contribution >= 4 is 59.1 Å². The Kier molecular flexibility index (Phi) is 31.7. The van der Waals surface area contributed by atoms with Crippen molar-refractivity contribution in [1.29, 1.82) is 0 Å². The highest BCUT2D eigenvalue weighted by Gasteiger charge is 2.32. The number of esters is 1. The Balaban J connectivity index is 1.40. The van der Waals surface area contributed by atoms with Crippen LogP contribution in [-0.4, -0.2) is 157 Å². The molecule has 1 unspecified atom stereocenters. The first-order valence-corrected chi connectivity index (χ1v) is 25.7. The van der Waals surface area contributed by atoms with Crippen molar-refractivity contribution in [1.82, 2.24) is 26.6 Å². The van der Waals surface area contributed by atoms with Crippen molar-refractivity contribution < 1.29 is 81.2 Å². The van der Waals surface area contributed by atoms with Crippen LogP contribution < -0.4 is 42.4 Å². The van der Waals surface area contributed by atoms with E-state index in [1.807, 2.05) is 0 Å². The minimum Gasteiger partial charge on any atom is -0.469 e. The normalized spacial score (nSPS) is 14.1. The fourth-order valence-electron chi connectivity index (χ4n) is 7.07. The van der Waals surface area contributed by atoms with Gasteiger partial charge >= 0.3 is 18.2 Å². The monoisotopic (exact) mass is 1100 g/mol. The number of hydrogen-bond acceptors (Lipinski definition) is 18. The standard InChI is InChI=1S/C52H74N8O18/c1-36(2)47(50(66)58-42(12-9-24-55-51(53)67)48(64)56-38-15-13-37(14-16-38)34-77-52(68)78-41-19-17-39(18-20-41)60(69)70)59-49(65)43(21-22-46(63)71-3)57-44(61)23-26-72-28-30-74-32-33-75-31-29-73-27-25-54-45(62)35-76-40-10-7-5-4-6-8-11-40/h13-20,36,40,42-43,47H,4-7,9-10,12,21-35H2,1-3H3,(H,54,62)(H,56,64)(H,57,61)(H,58,66)(H,59,65)(H3,53,55,67)/t40?,42-,43+,47-/m0/s1. The molecule has 4 atom stereocenters. The molecule has 0 radical (unpaired) electrons. The Labute approximate surface area is 453 Å². The predicted molar refractivity (Wildman–Crippen MR) is 279 cm³/mol. The summed E-state index contributed by atoms with van der Waals surface area (Å²) in [6.45, 7) is 5.40. The summed E-state index contributed by atoms with van der Waals surface area (Å²) in [6.07, 6.45) is 3.36. The number of carbonyl (C=O) groups is 8. The first kappa shape index (κ1) is 64.8. The van der Waals surface area contributed by atoms with Crippen LogP contribution in [0.25, 0.3) is 0 Å². The van der Waals surface area contributed by atoms with E-state index >= 15 is 0 Å². The van der Waals surface area contributed by atoms with E-state index in [9.17, 15) is 48.5 Å². The van der Waals surface area contributed by atoms with Gasteiger partial charge in [0.1, 0.15) is 43.2 Å². The van der Waals surface area contributed by atoms with Crippen LogP contribution in [0.2, 0.25) is 0 Å². The van der Waals surface area contributed by atoms with Crippen LogP contribution >= 0.6 is 0 Å². The highest BCUT2D eigenvalue weighted by Crippen LogP contribution is 2.19. The number of benzene rings is 2. The zero-order chi connectivity index (χ0) is 56.9. The van der Waals surface area contributed by atoms with Crippen LogP contribution in [0.3, 0.4) is 0 Å². The third-order valence-corrected chi connectivity index (χ3v) is 11.3. The summed E-state index contributed by atoms with van der Waals surface area (Å²) in [7, 11) is 1.18. The smallest absolute Gasteiger partial charge is 0.469 e. The number of rotatable bonds is 37. The Morgan fingerprint density at radius 3 is 2.01 bits per heavy atom. The molecule has 0 bridgehead atoms. The van der Waals surface area contributed by atoms with Gasteiger partial charge in [-0.25, -0.2) is 9.59 Å². The second-order valence-corrected chi connectivity index (χ2v) is 17.8. The number of methoxy groups -OCH3 is 1. The fraction of sp³-hybridized carbons (Fsp3) is 0.577. The van der Waals surface area contributed by atoms with E-state index in [2.05, 4.69) is 43.7 Å². The van der Waals surface area contributed by atoms with Crippen molar-refractivity contribution in [3.8, 4) is 17.6 Å². The van der Waals surface area contributed by atoms with Gasteiger partial charge in [0, 0.05) is 50.2 Å². The van der Waals surface area contributed by atoms with E-state index in [0.29, 0.717) is 44.2 Å². The van der Waals surface area contributed by atoms with E-state index in [0.717, 1.165) is 32.1 Å². The lowest BCUT2D eigenvalue weighted by molar-refractivity contribution is -0.384. The molecule has 26 nitrogen and oxygen atoms in total. The number of hydrogen-bond donors (Lipinski definition) is 7. The van der Waals surface area contributed by atoms with E-state index in [1.54, 1.807) is 26.0 Å². The number of nitrogens with zero attached hydrogens (tertiary/aromatic N) is 1. The van der Waals surface area contributed by atoms with Crippen molar-refractivity contribution in [3.63, 3.8) is 0 Å². The Morgan fingerprint density at radius 2 is 1.37 bits per heavy atom. The molecule has 1 aliphatic carbocycles. The van der Waals surface area contributed by atoms with Gasteiger partial charge in [-0.15, -0.1) is 5.92 Å². The summed E-state index contributed by atoms with van der Waals surface area (Å²) in [5, 5.41) is 26.7. The van der Waals surface area contributed by atoms with Gasteiger partial charge in [0.15, 0.2) is 0 Å². The molecule has 2 aromatic rings. The van der Waals surface area contributed by atoms with Crippen LogP contribution in [0, 0.1) is 27.9 Å². The number of primary amides is 1. The Bertz CT molecular complexity index is 2280. The Morgan fingerprint density at radius 1 is 0.718 bits per heavy atom. The number of nitro benzene ring substituents is 1. The van der Waals surface area contributed by atoms with Crippen LogP contribution in [0.5, 0.6) is 5.75 Å². The molecule has 0 heterocycles. The van der Waals surface area contributed by atoms with E-state index in [-0.39, 0.29) is 102 Å². The maximum absolute atomic E-state index is 13.9. The topological polar surface area (TPSA) is 352 Å². The van der Waals surface area contributed by atoms with Crippen LogP contribution in [0.1, 0.15) is 83.6 Å². The number of anilines is 1. The molecule has 430 valence electrons. The highest BCUT2D eigenvalue weighted by molar-refractivity contribution is 5.99. The third kappa shape index (κ3) is 28.6. The second-order valence-electron chi connectivity index (χ2n) is 17.8. The van der Waals surface area contributed by atoms with E-state index in [4.69, 9.17) is 43.6 Å². The average Bonchev–Trinajstić information content (AvgIpc) is 3.40. The molecular formula is C52H74N8O18. The maximum Gasteiger partial charge on any atom is 0.514 e. The molecule has 0 saturated heterocycles. The summed E-state index contributed by atoms with van der Waals surface area (Å²) < 4.78 is 42.5. The molecule has 0 fully saturated rings. The lowest BCUT2D eigenvalue weighted by atomic mass is 10.0. The number of non-ortho nitro benzene ring substituents is 1. The molecule has 0 saturated carbocycles. The molecule has 1 aliphatic rings. The molecule has 26 heteroatoms. The number of nitrogens with two attached hydrogens (primary N) is 1. The number of carbonyl (C=O) groups excluding carboxylic acids is 8. The number of nitro groups is 1. The highest BCUT2D eigenvalue weighted by atomic mass is 16.7. The van der Waals surface area contributed by atoms with Gasteiger partial charge in [-0.3, -0.25) is 38.9 Å². The SMILES string of the molecule is COC(=O)CC[C@@H](NC(=O)CCOCCOCCOCCOCCNC(=O)COC1C#CCCCCC1)C(=O)N[C@H](C(=O)N[C@@H](CCCNC(N)=O)C(=O)Nc1ccc(COC(=O)Oc2ccc([N+](=O)[O-])cc2)cc1)C(C)C. The van der Waals surface area contributed by atoms with Gasteiger partial charge in [-0.1, -0.05) is 38.3 Å². The van der Waals surface area contributed by atoms with Gasteiger partial charge < -0.3 is 75.5 Å². The molecule has 8 N–H and O–H groups in total. The molecular weight excluding hydrogens is 1020 g/mol. The third-order valence-electron chi connectivity index (χ3n) is 11.3. The zero-order valence-corrected chi connectivity index (χ0v) is 44.4. The van der Waals surface area contributed by atoms with E-state index < -0.39 is 70.8 Å². The number of urea groups is 1. The number of ether oxygens (including phenoxy) is 8. The second kappa shape index (κ2) is 38.2. The predicted octanol–water partition coefficient (Wildman–Crippen LogP) is 2.69. The van der Waals surface area contributed by atoms with Crippen molar-refractivity contribution in [3.05, 3.63) is 64.2 Å². The molecule has 0 spiro atoms. The van der Waals surface area contributed by atoms with Gasteiger partial charge in [0.25, 0.3) is 5.69 Å². The quantitative estimate of drug-likeness (QED) is 0.0128. The van der Waals surface area contributed by atoms with Gasteiger partial charge in [-0.2, -0.15) is 0 Å². The Hall–Kier alpha value is -7.44. The molecule has 3 rings (SSSR count). The average molecular weight is 1100 g/mol. The fourth-order valence-corrected chi connectivity index (χ4v) is 7.07. The minimum atomic E-state index is -1.27. The summed E-state index contributed by atoms with van der Waals surface area (Å²) in [4.78, 5) is 112. The summed E-state index contributed by atoms with van der Waals surface area (Å²) in [5.74, 6) is 2.06. The van der Waals surface area contributed by atoms with Crippen molar-refractivity contribution in [2.75, 3.05) is 85.0 Å².